The van der Waals surface area contributed by atoms with Crippen molar-refractivity contribution in [2.75, 3.05) is 10.6 Å². The molecule has 0 radical (unpaired) electrons. The Morgan fingerprint density at radius 3 is 2.45 bits per heavy atom. The summed E-state index contributed by atoms with van der Waals surface area (Å²) in [6, 6.07) is 14.5. The molecular weight excluding hydrogens is 368 g/mol. The number of anilines is 3. The van der Waals surface area contributed by atoms with Gasteiger partial charge in [-0.25, -0.2) is 15.0 Å². The largest absolute Gasteiger partial charge is 0.338 e. The lowest BCUT2D eigenvalue weighted by Gasteiger charge is -2.07. The zero-order valence-electron chi connectivity index (χ0n) is 15.9. The van der Waals surface area contributed by atoms with Crippen molar-refractivity contribution in [1.29, 1.82) is 0 Å². The first-order chi connectivity index (χ1) is 14.0. The molecule has 2 aromatic carbocycles. The second-order valence-electron chi connectivity index (χ2n) is 6.53. The number of benzene rings is 2. The summed E-state index contributed by atoms with van der Waals surface area (Å²) in [5.41, 5.74) is 4.09. The molecule has 0 unspecified atom stereocenters. The number of H-pyrrole nitrogens is 1. The van der Waals surface area contributed by atoms with Crippen LogP contribution in [0.3, 0.4) is 0 Å². The lowest BCUT2D eigenvalue weighted by molar-refractivity contribution is -0.114. The molecular formula is C21H18N6O2. The second-order valence-corrected chi connectivity index (χ2v) is 6.53. The summed E-state index contributed by atoms with van der Waals surface area (Å²) < 4.78 is 0. The topological polar surface area (TPSA) is 113 Å². The van der Waals surface area contributed by atoms with Crippen LogP contribution in [0.4, 0.5) is 17.2 Å². The Bertz CT molecular complexity index is 1210. The van der Waals surface area contributed by atoms with Gasteiger partial charge in [-0.15, -0.1) is 0 Å². The Morgan fingerprint density at radius 1 is 0.966 bits per heavy atom. The predicted octanol–water partition coefficient (Wildman–Crippen LogP) is 3.92. The van der Waals surface area contributed by atoms with Crippen molar-refractivity contribution in [2.45, 2.75) is 13.8 Å². The van der Waals surface area contributed by atoms with Crippen LogP contribution in [-0.4, -0.2) is 31.6 Å². The van der Waals surface area contributed by atoms with Crippen molar-refractivity contribution in [1.82, 2.24) is 19.9 Å². The molecule has 0 bridgehead atoms. The number of rotatable bonds is 5. The number of aromatic amines is 1. The van der Waals surface area contributed by atoms with Gasteiger partial charge in [0.2, 0.25) is 5.91 Å². The fourth-order valence-corrected chi connectivity index (χ4v) is 2.92. The van der Waals surface area contributed by atoms with Crippen molar-refractivity contribution >= 4 is 40.0 Å². The molecule has 0 aliphatic rings. The van der Waals surface area contributed by atoms with Gasteiger partial charge < -0.3 is 15.6 Å². The van der Waals surface area contributed by atoms with E-state index in [2.05, 4.69) is 30.6 Å². The summed E-state index contributed by atoms with van der Waals surface area (Å²) in [7, 11) is 0. The maximum absolute atomic E-state index is 11.7. The van der Waals surface area contributed by atoms with Gasteiger partial charge in [-0.3, -0.25) is 9.59 Å². The summed E-state index contributed by atoms with van der Waals surface area (Å²) in [5, 5.41) is 5.96. The summed E-state index contributed by atoms with van der Waals surface area (Å²) in [4.78, 5) is 39.1. The maximum atomic E-state index is 11.7. The number of fused-ring (bicyclic) bond motifs is 1. The number of amides is 1. The third-order valence-electron chi connectivity index (χ3n) is 4.30. The Kier molecular flexibility index (Phi) is 4.74. The number of imidazole rings is 1. The van der Waals surface area contributed by atoms with Crippen molar-refractivity contribution in [3.05, 3.63) is 60.4 Å². The fourth-order valence-electron chi connectivity index (χ4n) is 2.92. The molecule has 8 heteroatoms. The number of hydrogen-bond acceptors (Lipinski definition) is 6. The first kappa shape index (κ1) is 18.3. The highest BCUT2D eigenvalue weighted by Gasteiger charge is 2.12. The second kappa shape index (κ2) is 7.51. The van der Waals surface area contributed by atoms with Gasteiger partial charge in [0.05, 0.1) is 0 Å². The van der Waals surface area contributed by atoms with E-state index in [9.17, 15) is 9.59 Å². The molecule has 0 atom stereocenters. The third kappa shape index (κ3) is 3.96. The molecule has 0 fully saturated rings. The van der Waals surface area contributed by atoms with E-state index in [0.717, 1.165) is 11.3 Å². The molecule has 2 aromatic heterocycles. The zero-order valence-corrected chi connectivity index (χ0v) is 15.9. The van der Waals surface area contributed by atoms with Crippen LogP contribution in [0.1, 0.15) is 24.2 Å². The van der Waals surface area contributed by atoms with Crippen molar-refractivity contribution in [3.8, 4) is 11.4 Å². The first-order valence-corrected chi connectivity index (χ1v) is 8.96. The molecule has 1 amide bonds. The SMILES string of the molecule is CC(=O)Nc1ccc(Nc2ncnc3nc(-c4cccc(C(C)=O)c4)[nH]c23)cc1. The van der Waals surface area contributed by atoms with Crippen molar-refractivity contribution in [2.24, 2.45) is 0 Å². The van der Waals surface area contributed by atoms with Crippen LogP contribution in [-0.2, 0) is 4.79 Å². The molecule has 29 heavy (non-hydrogen) atoms. The van der Waals surface area contributed by atoms with Crippen molar-refractivity contribution in [3.63, 3.8) is 0 Å². The van der Waals surface area contributed by atoms with E-state index >= 15 is 0 Å². The number of carbonyl (C=O) groups excluding carboxylic acids is 2. The van der Waals surface area contributed by atoms with E-state index in [1.54, 1.807) is 24.3 Å². The van der Waals surface area contributed by atoms with E-state index in [0.29, 0.717) is 34.1 Å². The molecule has 3 N–H and O–H groups in total. The molecule has 0 saturated carbocycles. The number of nitrogens with one attached hydrogen (secondary N) is 3. The van der Waals surface area contributed by atoms with Gasteiger partial charge in [0.25, 0.3) is 0 Å². The summed E-state index contributed by atoms with van der Waals surface area (Å²) in [5.74, 6) is 1.05. The van der Waals surface area contributed by atoms with Crippen LogP contribution in [0.2, 0.25) is 0 Å². The van der Waals surface area contributed by atoms with Gasteiger partial charge in [-0.05, 0) is 37.3 Å². The third-order valence-corrected chi connectivity index (χ3v) is 4.30. The number of carbonyl (C=O) groups is 2. The Morgan fingerprint density at radius 2 is 1.72 bits per heavy atom. The van der Waals surface area contributed by atoms with Gasteiger partial charge in [0.15, 0.2) is 17.2 Å². The standard InChI is InChI=1S/C21H18N6O2/c1-12(28)14-4-3-5-15(10-14)19-26-18-20(22-11-23-21(18)27-19)25-17-8-6-16(7-9-17)24-13(2)29/h3-11H,1-2H3,(H,24,29)(H2,22,23,25,26,27). The summed E-state index contributed by atoms with van der Waals surface area (Å²) in [6.45, 7) is 2.99. The highest BCUT2D eigenvalue weighted by atomic mass is 16.1. The monoisotopic (exact) mass is 386 g/mol. The van der Waals surface area contributed by atoms with Crippen LogP contribution >= 0.6 is 0 Å². The minimum Gasteiger partial charge on any atom is -0.338 e. The molecule has 4 rings (SSSR count). The normalized spacial score (nSPS) is 10.7. The van der Waals surface area contributed by atoms with E-state index < -0.39 is 0 Å². The lowest BCUT2D eigenvalue weighted by Crippen LogP contribution is -2.05. The van der Waals surface area contributed by atoms with Crippen LogP contribution in [0.15, 0.2) is 54.9 Å². The molecule has 0 aliphatic heterocycles. The molecule has 0 saturated heterocycles. The minimum atomic E-state index is -0.123. The number of nitrogens with zero attached hydrogens (tertiary/aromatic N) is 3. The van der Waals surface area contributed by atoms with Gasteiger partial charge in [0, 0.05) is 29.4 Å². The summed E-state index contributed by atoms with van der Waals surface area (Å²) in [6.07, 6.45) is 1.44. The Balaban J connectivity index is 1.65. The van der Waals surface area contributed by atoms with Crippen LogP contribution < -0.4 is 10.6 Å². The van der Waals surface area contributed by atoms with Gasteiger partial charge in [-0.2, -0.15) is 0 Å². The van der Waals surface area contributed by atoms with E-state index in [4.69, 9.17) is 0 Å². The van der Waals surface area contributed by atoms with Gasteiger partial charge in [-0.1, -0.05) is 18.2 Å². The lowest BCUT2D eigenvalue weighted by atomic mass is 10.1. The molecule has 2 heterocycles. The van der Waals surface area contributed by atoms with E-state index in [1.165, 1.54) is 20.2 Å². The van der Waals surface area contributed by atoms with Crippen LogP contribution in [0.25, 0.3) is 22.6 Å². The first-order valence-electron chi connectivity index (χ1n) is 8.96. The molecule has 144 valence electrons. The zero-order chi connectivity index (χ0) is 20.4. The highest BCUT2D eigenvalue weighted by molar-refractivity contribution is 5.95. The van der Waals surface area contributed by atoms with Crippen LogP contribution in [0, 0.1) is 0 Å². The van der Waals surface area contributed by atoms with E-state index in [-0.39, 0.29) is 11.7 Å². The van der Waals surface area contributed by atoms with Gasteiger partial charge in [0.1, 0.15) is 17.7 Å². The average Bonchev–Trinajstić information content (AvgIpc) is 3.15. The quantitative estimate of drug-likeness (QED) is 0.448. The van der Waals surface area contributed by atoms with E-state index in [1.807, 2.05) is 24.3 Å². The molecule has 4 aromatic rings. The smallest absolute Gasteiger partial charge is 0.221 e. The minimum absolute atomic E-state index is 0.00665. The number of hydrogen-bond donors (Lipinski definition) is 3. The van der Waals surface area contributed by atoms with Gasteiger partial charge >= 0.3 is 0 Å². The van der Waals surface area contributed by atoms with Crippen LogP contribution in [0.5, 0.6) is 0 Å². The molecule has 0 spiro atoms. The number of aromatic nitrogens is 4. The predicted molar refractivity (Wildman–Crippen MR) is 111 cm³/mol. The Labute approximate surface area is 166 Å². The molecule has 0 aliphatic carbocycles. The Hall–Kier alpha value is -4.07. The fraction of sp³-hybridized carbons (Fsp3) is 0.0952. The average molecular weight is 386 g/mol. The maximum Gasteiger partial charge on any atom is 0.221 e. The van der Waals surface area contributed by atoms with Crippen molar-refractivity contribution < 1.29 is 9.59 Å². The number of ketones is 1. The number of Topliss-reactive ketones (excluding diaryl/α,β-unsaturated/α-hetero) is 1. The molecule has 8 nitrogen and oxygen atoms in total. The summed E-state index contributed by atoms with van der Waals surface area (Å²) >= 11 is 0. The highest BCUT2D eigenvalue weighted by Crippen LogP contribution is 2.26.